The van der Waals surface area contributed by atoms with Gasteiger partial charge in [-0.1, -0.05) is 31.5 Å². The zero-order valence-corrected chi connectivity index (χ0v) is 15.2. The van der Waals surface area contributed by atoms with E-state index in [0.29, 0.717) is 12.0 Å². The molecule has 120 valence electrons. The predicted octanol–water partition coefficient (Wildman–Crippen LogP) is 4.75. The summed E-state index contributed by atoms with van der Waals surface area (Å²) in [6, 6.07) is 7.36. The number of hydrogen-bond donors (Lipinski definition) is 1. The summed E-state index contributed by atoms with van der Waals surface area (Å²) in [5, 5.41) is 3.63. The van der Waals surface area contributed by atoms with Crippen LogP contribution in [-0.2, 0) is 6.54 Å². The third kappa shape index (κ3) is 6.09. The van der Waals surface area contributed by atoms with Crippen molar-refractivity contribution in [2.45, 2.75) is 73.5 Å². The Labute approximate surface area is 131 Å². The number of aryl methyl sites for hydroxylation is 1. The number of benzene rings is 1. The molecule has 0 radical (unpaired) electrons. The third-order valence-corrected chi connectivity index (χ3v) is 3.54. The van der Waals surface area contributed by atoms with Crippen LogP contribution in [0.4, 0.5) is 5.69 Å². The standard InChI is InChI=1S/C19H34N2/c1-14(2)13-21(15(3)4)18-10-9-16(5)11-17(18)12-20-19(6,7)8/h9-11,14-15,20H,12-13H2,1-8H3. The van der Waals surface area contributed by atoms with E-state index in [9.17, 15) is 0 Å². The first-order chi connectivity index (χ1) is 9.60. The average molecular weight is 290 g/mol. The van der Waals surface area contributed by atoms with Crippen LogP contribution in [0.2, 0.25) is 0 Å². The van der Waals surface area contributed by atoms with Crippen molar-refractivity contribution in [3.63, 3.8) is 0 Å². The highest BCUT2D eigenvalue weighted by Gasteiger charge is 2.17. The highest BCUT2D eigenvalue weighted by molar-refractivity contribution is 5.55. The Balaban J connectivity index is 3.08. The molecule has 0 unspecified atom stereocenters. The highest BCUT2D eigenvalue weighted by atomic mass is 15.2. The van der Waals surface area contributed by atoms with E-state index in [2.05, 4.69) is 83.8 Å². The number of nitrogens with one attached hydrogen (secondary N) is 1. The fourth-order valence-electron chi connectivity index (χ4n) is 2.48. The molecule has 0 saturated carbocycles. The lowest BCUT2D eigenvalue weighted by atomic mass is 10.0. The van der Waals surface area contributed by atoms with Crippen LogP contribution in [0.5, 0.6) is 0 Å². The topological polar surface area (TPSA) is 15.3 Å². The van der Waals surface area contributed by atoms with Crippen LogP contribution in [-0.4, -0.2) is 18.1 Å². The van der Waals surface area contributed by atoms with E-state index < -0.39 is 0 Å². The molecule has 0 saturated heterocycles. The van der Waals surface area contributed by atoms with Gasteiger partial charge in [-0.15, -0.1) is 0 Å². The second-order valence-electron chi connectivity index (χ2n) is 7.88. The normalized spacial score (nSPS) is 12.3. The Bertz CT molecular complexity index is 441. The highest BCUT2D eigenvalue weighted by Crippen LogP contribution is 2.25. The van der Waals surface area contributed by atoms with Crippen LogP contribution in [0.25, 0.3) is 0 Å². The number of nitrogens with zero attached hydrogens (tertiary/aromatic N) is 1. The lowest BCUT2D eigenvalue weighted by Gasteiger charge is -2.33. The van der Waals surface area contributed by atoms with Crippen molar-refractivity contribution in [1.29, 1.82) is 0 Å². The van der Waals surface area contributed by atoms with Gasteiger partial charge in [-0.3, -0.25) is 0 Å². The summed E-state index contributed by atoms with van der Waals surface area (Å²) in [6.45, 7) is 20.0. The van der Waals surface area contributed by atoms with Crippen molar-refractivity contribution in [2.24, 2.45) is 5.92 Å². The lowest BCUT2D eigenvalue weighted by Crippen LogP contribution is -2.38. The molecule has 0 aliphatic carbocycles. The number of hydrogen-bond acceptors (Lipinski definition) is 2. The average Bonchev–Trinajstić information content (AvgIpc) is 2.32. The maximum Gasteiger partial charge on any atom is 0.0414 e. The van der Waals surface area contributed by atoms with Crippen LogP contribution in [0.15, 0.2) is 18.2 Å². The zero-order valence-electron chi connectivity index (χ0n) is 15.2. The summed E-state index contributed by atoms with van der Waals surface area (Å²) < 4.78 is 0. The van der Waals surface area contributed by atoms with E-state index in [1.807, 2.05) is 0 Å². The maximum atomic E-state index is 3.63. The van der Waals surface area contributed by atoms with E-state index in [0.717, 1.165) is 13.1 Å². The van der Waals surface area contributed by atoms with Crippen LogP contribution >= 0.6 is 0 Å². The quantitative estimate of drug-likeness (QED) is 0.813. The first-order valence-corrected chi connectivity index (χ1v) is 8.21. The molecule has 0 amide bonds. The zero-order chi connectivity index (χ0) is 16.2. The van der Waals surface area contributed by atoms with Crippen molar-refractivity contribution < 1.29 is 0 Å². The Kier molecular flexibility index (Phi) is 6.27. The molecule has 0 aromatic heterocycles. The van der Waals surface area contributed by atoms with Gasteiger partial charge in [-0.25, -0.2) is 0 Å². The molecule has 0 atom stereocenters. The summed E-state index contributed by atoms with van der Waals surface area (Å²) in [4.78, 5) is 2.53. The van der Waals surface area contributed by atoms with Crippen molar-refractivity contribution in [1.82, 2.24) is 5.32 Å². The first kappa shape index (κ1) is 18.0. The smallest absolute Gasteiger partial charge is 0.0414 e. The first-order valence-electron chi connectivity index (χ1n) is 8.21. The summed E-state index contributed by atoms with van der Waals surface area (Å²) >= 11 is 0. The molecule has 2 heteroatoms. The van der Waals surface area contributed by atoms with Crippen LogP contribution in [0.1, 0.15) is 59.6 Å². The van der Waals surface area contributed by atoms with Gasteiger partial charge in [0.05, 0.1) is 0 Å². The summed E-state index contributed by atoms with van der Waals surface area (Å²) in [6.07, 6.45) is 0. The fraction of sp³-hybridized carbons (Fsp3) is 0.684. The Morgan fingerprint density at radius 3 is 2.19 bits per heavy atom. The molecule has 1 rings (SSSR count). The largest absolute Gasteiger partial charge is 0.369 e. The monoisotopic (exact) mass is 290 g/mol. The molecule has 0 heterocycles. The molecule has 1 aromatic carbocycles. The van der Waals surface area contributed by atoms with E-state index in [1.54, 1.807) is 0 Å². The molecule has 0 bridgehead atoms. The van der Waals surface area contributed by atoms with E-state index in [4.69, 9.17) is 0 Å². The van der Waals surface area contributed by atoms with Gasteiger partial charge < -0.3 is 10.2 Å². The van der Waals surface area contributed by atoms with Gasteiger partial charge in [0.2, 0.25) is 0 Å². The van der Waals surface area contributed by atoms with Gasteiger partial charge in [0, 0.05) is 30.4 Å². The van der Waals surface area contributed by atoms with E-state index in [-0.39, 0.29) is 5.54 Å². The second kappa shape index (κ2) is 7.31. The second-order valence-corrected chi connectivity index (χ2v) is 7.88. The van der Waals surface area contributed by atoms with Gasteiger partial charge in [0.15, 0.2) is 0 Å². The lowest BCUT2D eigenvalue weighted by molar-refractivity contribution is 0.423. The minimum Gasteiger partial charge on any atom is -0.369 e. The summed E-state index contributed by atoms with van der Waals surface area (Å²) in [5.74, 6) is 0.664. The summed E-state index contributed by atoms with van der Waals surface area (Å²) in [7, 11) is 0. The molecule has 1 aromatic rings. The van der Waals surface area contributed by atoms with Crippen LogP contribution in [0.3, 0.4) is 0 Å². The van der Waals surface area contributed by atoms with Gasteiger partial charge in [0.1, 0.15) is 0 Å². The molecule has 0 aliphatic rings. The molecule has 1 N–H and O–H groups in total. The molecule has 21 heavy (non-hydrogen) atoms. The maximum absolute atomic E-state index is 3.63. The minimum atomic E-state index is 0.141. The van der Waals surface area contributed by atoms with Gasteiger partial charge in [-0.2, -0.15) is 0 Å². The van der Waals surface area contributed by atoms with E-state index >= 15 is 0 Å². The minimum absolute atomic E-state index is 0.141. The predicted molar refractivity (Wildman–Crippen MR) is 95.1 cm³/mol. The van der Waals surface area contributed by atoms with Crippen molar-refractivity contribution in [3.8, 4) is 0 Å². The van der Waals surface area contributed by atoms with Gasteiger partial charge in [0.25, 0.3) is 0 Å². The number of rotatable bonds is 6. The van der Waals surface area contributed by atoms with E-state index in [1.165, 1.54) is 16.8 Å². The van der Waals surface area contributed by atoms with Crippen LogP contribution in [0, 0.1) is 12.8 Å². The number of anilines is 1. The molecule has 0 spiro atoms. The molecular weight excluding hydrogens is 256 g/mol. The van der Waals surface area contributed by atoms with Crippen LogP contribution < -0.4 is 10.2 Å². The van der Waals surface area contributed by atoms with Gasteiger partial charge in [-0.05, 0) is 59.1 Å². The molecule has 0 fully saturated rings. The SMILES string of the molecule is Cc1ccc(N(CC(C)C)C(C)C)c(CNC(C)(C)C)c1. The van der Waals surface area contributed by atoms with Crippen molar-refractivity contribution >= 4 is 5.69 Å². The van der Waals surface area contributed by atoms with Crippen molar-refractivity contribution in [2.75, 3.05) is 11.4 Å². The Morgan fingerprint density at radius 1 is 1.10 bits per heavy atom. The summed E-state index contributed by atoms with van der Waals surface area (Å²) in [5.41, 5.74) is 4.25. The fourth-order valence-corrected chi connectivity index (χ4v) is 2.48. The molecular formula is C19H34N2. The Hall–Kier alpha value is -1.02. The molecule has 0 aliphatic heterocycles. The van der Waals surface area contributed by atoms with Gasteiger partial charge >= 0.3 is 0 Å². The van der Waals surface area contributed by atoms with Crippen molar-refractivity contribution in [3.05, 3.63) is 29.3 Å². The molecule has 2 nitrogen and oxygen atoms in total. The Morgan fingerprint density at radius 2 is 1.71 bits per heavy atom. The third-order valence-electron chi connectivity index (χ3n) is 3.54.